The van der Waals surface area contributed by atoms with Gasteiger partial charge in [0.15, 0.2) is 5.75 Å². The summed E-state index contributed by atoms with van der Waals surface area (Å²) in [5.74, 6) is -2.27. The Morgan fingerprint density at radius 2 is 1.77 bits per heavy atom. The Kier molecular flexibility index (Phi) is 5.19. The number of aromatic amines is 1. The van der Waals surface area contributed by atoms with Crippen LogP contribution in [0.2, 0.25) is 0 Å². The van der Waals surface area contributed by atoms with Crippen LogP contribution < -0.4 is 14.8 Å². The number of alkyl halides is 2. The highest BCUT2D eigenvalue weighted by Gasteiger charge is 2.31. The van der Waals surface area contributed by atoms with E-state index in [2.05, 4.69) is 15.5 Å². The Labute approximate surface area is 202 Å². The summed E-state index contributed by atoms with van der Waals surface area (Å²) in [6.07, 6.45) is 1.85. The summed E-state index contributed by atoms with van der Waals surface area (Å²) in [7, 11) is 0. The Morgan fingerprint density at radius 1 is 1.00 bits per heavy atom. The number of benzene rings is 3. The van der Waals surface area contributed by atoms with Crippen LogP contribution in [-0.2, 0) is 5.92 Å². The van der Waals surface area contributed by atoms with E-state index in [0.717, 1.165) is 52.8 Å². The van der Waals surface area contributed by atoms with E-state index in [1.165, 1.54) is 23.5 Å². The maximum Gasteiger partial charge on any atom is 0.271 e. The zero-order valence-corrected chi connectivity index (χ0v) is 19.4. The molecule has 35 heavy (non-hydrogen) atoms. The molecule has 0 amide bonds. The number of halogens is 3. The molecular weight excluding hydrogens is 475 g/mol. The fourth-order valence-corrected chi connectivity index (χ4v) is 5.43. The zero-order valence-electron chi connectivity index (χ0n) is 18.6. The predicted octanol–water partition coefficient (Wildman–Crippen LogP) is 6.84. The first-order valence-electron chi connectivity index (χ1n) is 11.1. The summed E-state index contributed by atoms with van der Waals surface area (Å²) >= 11 is 1.32. The smallest absolute Gasteiger partial charge is 0.271 e. The topological polar surface area (TPSA) is 59.2 Å². The second kappa shape index (κ2) is 8.28. The number of fused-ring (bicyclic) bond motifs is 3. The van der Waals surface area contributed by atoms with Crippen LogP contribution in [0.4, 0.5) is 13.2 Å². The quantitative estimate of drug-likeness (QED) is 0.271. The predicted molar refractivity (Wildman–Crippen MR) is 130 cm³/mol. The summed E-state index contributed by atoms with van der Waals surface area (Å²) < 4.78 is 56.1. The molecule has 1 saturated heterocycles. The fraction of sp³-hybridized carbons (Fsp3) is 0.192. The Hall–Kier alpha value is -3.56. The number of nitrogens with zero attached hydrogens (tertiary/aromatic N) is 1. The largest absolute Gasteiger partial charge is 0.488 e. The third kappa shape index (κ3) is 4.00. The minimum atomic E-state index is -3.24. The van der Waals surface area contributed by atoms with Gasteiger partial charge in [0.25, 0.3) is 5.92 Å². The molecule has 0 atom stereocenters. The van der Waals surface area contributed by atoms with Gasteiger partial charge in [-0.05, 0) is 48.5 Å². The Bertz CT molecular complexity index is 1540. The van der Waals surface area contributed by atoms with Crippen LogP contribution in [-0.4, -0.2) is 29.4 Å². The monoisotopic (exact) mass is 495 g/mol. The number of H-pyrrole nitrogens is 1. The molecule has 9 heteroatoms. The van der Waals surface area contributed by atoms with Gasteiger partial charge in [0, 0.05) is 46.6 Å². The minimum absolute atomic E-state index is 0.152. The molecule has 3 heterocycles. The van der Waals surface area contributed by atoms with Gasteiger partial charge < -0.3 is 14.8 Å². The van der Waals surface area contributed by atoms with Gasteiger partial charge in [0.1, 0.15) is 23.4 Å². The van der Waals surface area contributed by atoms with Crippen molar-refractivity contribution >= 4 is 32.3 Å². The van der Waals surface area contributed by atoms with Crippen molar-refractivity contribution < 1.29 is 22.6 Å². The highest BCUT2D eigenvalue weighted by molar-refractivity contribution is 7.23. The molecule has 2 N–H and O–H groups in total. The number of hydrogen-bond donors (Lipinski definition) is 2. The van der Waals surface area contributed by atoms with E-state index in [9.17, 15) is 13.2 Å². The molecule has 2 aromatic heterocycles. The van der Waals surface area contributed by atoms with Gasteiger partial charge in [-0.25, -0.2) is 13.2 Å². The van der Waals surface area contributed by atoms with Crippen LogP contribution in [0.5, 0.6) is 17.2 Å². The molecule has 0 radical (unpaired) electrons. The van der Waals surface area contributed by atoms with E-state index in [4.69, 9.17) is 9.47 Å². The molecular formula is C26H20F3N3O2S. The number of rotatable bonds is 6. The van der Waals surface area contributed by atoms with E-state index in [0.29, 0.717) is 16.4 Å². The molecule has 178 valence electrons. The highest BCUT2D eigenvalue weighted by atomic mass is 32.1. The van der Waals surface area contributed by atoms with Crippen molar-refractivity contribution in [3.63, 3.8) is 0 Å². The van der Waals surface area contributed by atoms with Gasteiger partial charge in [-0.1, -0.05) is 6.07 Å². The first-order valence-corrected chi connectivity index (χ1v) is 11.9. The molecule has 0 spiro atoms. The van der Waals surface area contributed by atoms with Gasteiger partial charge in [-0.15, -0.1) is 11.3 Å². The molecule has 0 aliphatic carbocycles. The van der Waals surface area contributed by atoms with Crippen LogP contribution in [0, 0.1) is 5.82 Å². The SMILES string of the molecule is CC(F)(F)c1cc(F)ccc1-c1sc2c(ccc3[nH]ncc32)c1Oc1ccc(OC2CNC2)cc1. The molecule has 0 unspecified atom stereocenters. The third-order valence-corrected chi connectivity index (χ3v) is 7.27. The second-order valence-electron chi connectivity index (χ2n) is 8.58. The van der Waals surface area contributed by atoms with Gasteiger partial charge in [-0.3, -0.25) is 5.10 Å². The maximum absolute atomic E-state index is 14.5. The van der Waals surface area contributed by atoms with Gasteiger partial charge in [0.05, 0.1) is 16.6 Å². The molecule has 0 saturated carbocycles. The van der Waals surface area contributed by atoms with Crippen LogP contribution in [0.1, 0.15) is 12.5 Å². The summed E-state index contributed by atoms with van der Waals surface area (Å²) in [6.45, 7) is 2.39. The lowest BCUT2D eigenvalue weighted by Crippen LogP contribution is -2.50. The molecule has 0 bridgehead atoms. The molecule has 5 aromatic rings. The number of thiophene rings is 1. The van der Waals surface area contributed by atoms with Crippen LogP contribution in [0.15, 0.2) is 60.8 Å². The second-order valence-corrected chi connectivity index (χ2v) is 9.60. The summed E-state index contributed by atoms with van der Waals surface area (Å²) in [5, 5.41) is 11.8. The third-order valence-electron chi connectivity index (χ3n) is 6.02. The van der Waals surface area contributed by atoms with Gasteiger partial charge in [0.2, 0.25) is 0 Å². The van der Waals surface area contributed by atoms with Crippen molar-refractivity contribution in [1.29, 1.82) is 0 Å². The van der Waals surface area contributed by atoms with E-state index in [-0.39, 0.29) is 11.7 Å². The Balaban J connectivity index is 1.49. The van der Waals surface area contributed by atoms with Crippen molar-refractivity contribution in [2.75, 3.05) is 13.1 Å². The average Bonchev–Trinajstić information content (AvgIpc) is 3.41. The van der Waals surface area contributed by atoms with E-state index < -0.39 is 17.3 Å². The first kappa shape index (κ1) is 21.9. The number of hydrogen-bond acceptors (Lipinski definition) is 5. The normalized spacial score (nSPS) is 14.4. The molecule has 3 aromatic carbocycles. The van der Waals surface area contributed by atoms with Crippen LogP contribution in [0.3, 0.4) is 0 Å². The number of ether oxygens (including phenoxy) is 2. The van der Waals surface area contributed by atoms with E-state index in [1.807, 2.05) is 24.3 Å². The lowest BCUT2D eigenvalue weighted by molar-refractivity contribution is 0.0178. The molecule has 1 aliphatic rings. The van der Waals surface area contributed by atoms with Crippen molar-refractivity contribution in [3.8, 4) is 27.7 Å². The molecule has 6 rings (SSSR count). The Morgan fingerprint density at radius 3 is 2.49 bits per heavy atom. The van der Waals surface area contributed by atoms with Crippen molar-refractivity contribution in [3.05, 3.63) is 72.2 Å². The summed E-state index contributed by atoms with van der Waals surface area (Å²) in [6, 6.07) is 14.4. The van der Waals surface area contributed by atoms with Crippen molar-refractivity contribution in [2.45, 2.75) is 19.0 Å². The van der Waals surface area contributed by atoms with Gasteiger partial charge >= 0.3 is 0 Å². The standard InChI is InChI=1S/C26H20F3N3O2S/c1-26(28,29)21-10-14(27)2-7-18(21)25-23(19-8-9-22-20(13-31-32-22)24(19)35-25)34-16-5-3-15(4-6-16)33-17-11-30-12-17/h2-10,13,17,30H,11-12H2,1H3,(H,31,32). The number of nitrogens with one attached hydrogen (secondary N) is 2. The maximum atomic E-state index is 14.5. The molecule has 1 fully saturated rings. The van der Waals surface area contributed by atoms with Crippen molar-refractivity contribution in [1.82, 2.24) is 15.5 Å². The minimum Gasteiger partial charge on any atom is -0.488 e. The summed E-state index contributed by atoms with van der Waals surface area (Å²) in [5.41, 5.74) is 0.656. The fourth-order valence-electron chi connectivity index (χ4n) is 4.15. The van der Waals surface area contributed by atoms with Gasteiger partial charge in [-0.2, -0.15) is 5.10 Å². The van der Waals surface area contributed by atoms with Crippen molar-refractivity contribution in [2.24, 2.45) is 0 Å². The summed E-state index contributed by atoms with van der Waals surface area (Å²) in [4.78, 5) is 0.492. The average molecular weight is 496 g/mol. The zero-order chi connectivity index (χ0) is 24.2. The van der Waals surface area contributed by atoms with Crippen LogP contribution >= 0.6 is 11.3 Å². The first-order chi connectivity index (χ1) is 16.9. The lowest BCUT2D eigenvalue weighted by Gasteiger charge is -2.27. The number of aromatic nitrogens is 2. The van der Waals surface area contributed by atoms with Crippen LogP contribution in [0.25, 0.3) is 31.4 Å². The van der Waals surface area contributed by atoms with E-state index in [1.54, 1.807) is 18.3 Å². The lowest BCUT2D eigenvalue weighted by atomic mass is 10.00. The molecule has 1 aliphatic heterocycles. The molecule has 5 nitrogen and oxygen atoms in total. The van der Waals surface area contributed by atoms with E-state index >= 15 is 0 Å². The highest BCUT2D eigenvalue weighted by Crippen LogP contribution is 2.50.